The third-order valence-electron chi connectivity index (χ3n) is 1.52. The topological polar surface area (TPSA) is 84.6 Å². The van der Waals surface area contributed by atoms with E-state index in [0.29, 0.717) is 5.69 Å². The van der Waals surface area contributed by atoms with Crippen molar-refractivity contribution in [2.45, 2.75) is 6.92 Å². The van der Waals surface area contributed by atoms with Crippen molar-refractivity contribution in [1.82, 2.24) is 0 Å². The number of carbonyl (C=O) groups excluding carboxylic acids is 1. The van der Waals surface area contributed by atoms with Gasteiger partial charge in [-0.25, -0.2) is 0 Å². The van der Waals surface area contributed by atoms with Crippen LogP contribution in [-0.2, 0) is 4.79 Å². The SMILES string of the molecule is CC(=O)/C=N\Nc1ccc([N+](=O)[O-])cc1. The molecule has 0 aromatic heterocycles. The van der Waals surface area contributed by atoms with Crippen molar-refractivity contribution in [3.63, 3.8) is 0 Å². The molecule has 78 valence electrons. The largest absolute Gasteiger partial charge is 0.293 e. The molecule has 0 saturated carbocycles. The zero-order chi connectivity index (χ0) is 11.3. The predicted octanol–water partition coefficient (Wildman–Crippen LogP) is 1.58. The monoisotopic (exact) mass is 207 g/mol. The van der Waals surface area contributed by atoms with Gasteiger partial charge in [-0.3, -0.25) is 20.3 Å². The number of nitro benzene ring substituents is 1. The minimum atomic E-state index is -0.484. The van der Waals surface area contributed by atoms with Crippen molar-refractivity contribution >= 4 is 23.4 Å². The molecule has 0 radical (unpaired) electrons. The van der Waals surface area contributed by atoms with Crippen molar-refractivity contribution in [2.24, 2.45) is 5.10 Å². The van der Waals surface area contributed by atoms with Crippen LogP contribution >= 0.6 is 0 Å². The van der Waals surface area contributed by atoms with Crippen molar-refractivity contribution in [3.8, 4) is 0 Å². The molecule has 0 aliphatic carbocycles. The molecule has 1 aromatic carbocycles. The van der Waals surface area contributed by atoms with Crippen LogP contribution in [0.25, 0.3) is 0 Å². The summed E-state index contributed by atoms with van der Waals surface area (Å²) in [6, 6.07) is 5.72. The number of nitrogens with zero attached hydrogens (tertiary/aromatic N) is 2. The fourth-order valence-corrected chi connectivity index (χ4v) is 0.855. The van der Waals surface area contributed by atoms with Crippen molar-refractivity contribution in [2.75, 3.05) is 5.43 Å². The van der Waals surface area contributed by atoms with Crippen molar-refractivity contribution in [3.05, 3.63) is 34.4 Å². The van der Waals surface area contributed by atoms with E-state index >= 15 is 0 Å². The molecule has 15 heavy (non-hydrogen) atoms. The number of nitro groups is 1. The molecule has 0 saturated heterocycles. The Kier molecular flexibility index (Phi) is 3.50. The second kappa shape index (κ2) is 4.85. The van der Waals surface area contributed by atoms with Crippen LogP contribution < -0.4 is 5.43 Å². The highest BCUT2D eigenvalue weighted by atomic mass is 16.6. The second-order valence-corrected chi connectivity index (χ2v) is 2.78. The number of hydrogen-bond donors (Lipinski definition) is 1. The second-order valence-electron chi connectivity index (χ2n) is 2.78. The lowest BCUT2D eigenvalue weighted by molar-refractivity contribution is -0.384. The van der Waals surface area contributed by atoms with Crippen molar-refractivity contribution < 1.29 is 9.72 Å². The summed E-state index contributed by atoms with van der Waals surface area (Å²) in [5.41, 5.74) is 3.16. The summed E-state index contributed by atoms with van der Waals surface area (Å²) in [5.74, 6) is -0.176. The van der Waals surface area contributed by atoms with Gasteiger partial charge in [-0.2, -0.15) is 5.10 Å². The van der Waals surface area contributed by atoms with Crippen LogP contribution in [0, 0.1) is 10.1 Å². The lowest BCUT2D eigenvalue weighted by Crippen LogP contribution is -1.95. The third-order valence-corrected chi connectivity index (χ3v) is 1.52. The number of carbonyl (C=O) groups is 1. The summed E-state index contributed by atoms with van der Waals surface area (Å²) in [5, 5.41) is 13.9. The maximum absolute atomic E-state index is 10.5. The molecule has 0 spiro atoms. The van der Waals surface area contributed by atoms with Crippen LogP contribution in [0.2, 0.25) is 0 Å². The Morgan fingerprint density at radius 1 is 1.47 bits per heavy atom. The van der Waals surface area contributed by atoms with E-state index in [9.17, 15) is 14.9 Å². The van der Waals surface area contributed by atoms with E-state index in [1.54, 1.807) is 0 Å². The van der Waals surface area contributed by atoms with E-state index in [1.807, 2.05) is 0 Å². The first-order valence-corrected chi connectivity index (χ1v) is 4.13. The Morgan fingerprint density at radius 3 is 2.53 bits per heavy atom. The lowest BCUT2D eigenvalue weighted by Gasteiger charge is -1.97. The molecular weight excluding hydrogens is 198 g/mol. The Balaban J connectivity index is 2.65. The Bertz CT molecular complexity index is 398. The zero-order valence-corrected chi connectivity index (χ0v) is 8.01. The van der Waals surface area contributed by atoms with E-state index in [1.165, 1.54) is 31.2 Å². The third kappa shape index (κ3) is 3.55. The first-order chi connectivity index (χ1) is 7.09. The van der Waals surface area contributed by atoms with E-state index in [2.05, 4.69) is 10.5 Å². The predicted molar refractivity (Wildman–Crippen MR) is 55.9 cm³/mol. The maximum atomic E-state index is 10.5. The normalized spacial score (nSPS) is 10.2. The quantitative estimate of drug-likeness (QED) is 0.461. The van der Waals surface area contributed by atoms with E-state index in [0.717, 1.165) is 6.21 Å². The van der Waals surface area contributed by atoms with Gasteiger partial charge in [0.2, 0.25) is 0 Å². The minimum absolute atomic E-state index is 0.0103. The summed E-state index contributed by atoms with van der Waals surface area (Å²) in [7, 11) is 0. The molecule has 0 atom stereocenters. The number of hydrogen-bond acceptors (Lipinski definition) is 5. The molecule has 0 fully saturated rings. The number of non-ortho nitro benzene ring substituents is 1. The van der Waals surface area contributed by atoms with Gasteiger partial charge in [0.15, 0.2) is 5.78 Å². The molecule has 1 aromatic rings. The molecular formula is C9H9N3O3. The molecule has 1 N–H and O–H groups in total. The summed E-state index contributed by atoms with van der Waals surface area (Å²) in [4.78, 5) is 20.3. The molecule has 0 aliphatic heterocycles. The number of rotatable bonds is 4. The minimum Gasteiger partial charge on any atom is -0.293 e. The molecule has 0 aliphatic rings. The van der Waals surface area contributed by atoms with Gasteiger partial charge in [-0.1, -0.05) is 0 Å². The van der Waals surface area contributed by atoms with Gasteiger partial charge in [0.25, 0.3) is 5.69 Å². The standard InChI is InChI=1S/C9H9N3O3/c1-7(13)6-10-11-8-2-4-9(5-3-8)12(14)15/h2-6,11H,1H3/b10-6-. The lowest BCUT2D eigenvalue weighted by atomic mass is 10.3. The summed E-state index contributed by atoms with van der Waals surface area (Å²) in [6.45, 7) is 1.38. The number of anilines is 1. The highest BCUT2D eigenvalue weighted by Crippen LogP contribution is 2.14. The van der Waals surface area contributed by atoms with E-state index in [4.69, 9.17) is 0 Å². The molecule has 0 amide bonds. The number of hydrazone groups is 1. The zero-order valence-electron chi connectivity index (χ0n) is 8.01. The van der Waals surface area contributed by atoms with Gasteiger partial charge >= 0.3 is 0 Å². The van der Waals surface area contributed by atoms with Crippen LogP contribution in [0.15, 0.2) is 29.4 Å². The first kappa shape index (κ1) is 10.8. The summed E-state index contributed by atoms with van der Waals surface area (Å²) in [6.07, 6.45) is 1.13. The smallest absolute Gasteiger partial charge is 0.269 e. The number of Topliss-reactive ketones (excluding diaryl/α,β-unsaturated/α-hetero) is 1. The molecule has 1 rings (SSSR count). The van der Waals surface area contributed by atoms with Crippen LogP contribution in [0.3, 0.4) is 0 Å². The van der Waals surface area contributed by atoms with E-state index in [-0.39, 0.29) is 11.5 Å². The van der Waals surface area contributed by atoms with Gasteiger partial charge in [0, 0.05) is 19.1 Å². The Hall–Kier alpha value is -2.24. The van der Waals surface area contributed by atoms with E-state index < -0.39 is 4.92 Å². The average molecular weight is 207 g/mol. The molecule has 0 unspecified atom stereocenters. The first-order valence-electron chi connectivity index (χ1n) is 4.13. The number of ketones is 1. The van der Waals surface area contributed by atoms with Crippen LogP contribution in [0.1, 0.15) is 6.92 Å². The van der Waals surface area contributed by atoms with Gasteiger partial charge in [-0.05, 0) is 12.1 Å². The molecule has 0 bridgehead atoms. The van der Waals surface area contributed by atoms with Crippen molar-refractivity contribution in [1.29, 1.82) is 0 Å². The Morgan fingerprint density at radius 2 is 2.07 bits per heavy atom. The fourth-order valence-electron chi connectivity index (χ4n) is 0.855. The summed E-state index contributed by atoms with van der Waals surface area (Å²) < 4.78 is 0. The van der Waals surface area contributed by atoms with Gasteiger partial charge < -0.3 is 0 Å². The number of benzene rings is 1. The summed E-state index contributed by atoms with van der Waals surface area (Å²) >= 11 is 0. The average Bonchev–Trinajstić information content (AvgIpc) is 2.18. The van der Waals surface area contributed by atoms with Gasteiger partial charge in [0.05, 0.1) is 16.8 Å². The Labute approximate surface area is 85.8 Å². The number of nitrogens with one attached hydrogen (secondary N) is 1. The van der Waals surface area contributed by atoms with Crippen LogP contribution in [0.5, 0.6) is 0 Å². The van der Waals surface area contributed by atoms with Crippen LogP contribution in [0.4, 0.5) is 11.4 Å². The van der Waals surface area contributed by atoms with Crippen LogP contribution in [-0.4, -0.2) is 16.9 Å². The highest BCUT2D eigenvalue weighted by Gasteiger charge is 2.02. The van der Waals surface area contributed by atoms with Gasteiger partial charge in [-0.15, -0.1) is 0 Å². The maximum Gasteiger partial charge on any atom is 0.269 e. The van der Waals surface area contributed by atoms with Gasteiger partial charge in [0.1, 0.15) is 0 Å². The fraction of sp³-hybridized carbons (Fsp3) is 0.111. The highest BCUT2D eigenvalue weighted by molar-refractivity contribution is 6.26. The molecule has 0 heterocycles. The molecule has 6 heteroatoms. The molecule has 6 nitrogen and oxygen atoms in total.